The number of aromatic nitrogens is 2. The van der Waals surface area contributed by atoms with Crippen molar-refractivity contribution >= 4 is 29.4 Å². The zero-order valence-corrected chi connectivity index (χ0v) is 23.1. The maximum Gasteiger partial charge on any atom is 0.416 e. The summed E-state index contributed by atoms with van der Waals surface area (Å²) >= 11 is 0. The number of nitrogens with zero attached hydrogens (tertiary/aromatic N) is 4. The molecule has 3 aromatic carbocycles. The molecule has 44 heavy (non-hydrogen) atoms. The molecule has 0 saturated carbocycles. The van der Waals surface area contributed by atoms with Gasteiger partial charge in [-0.15, -0.1) is 5.10 Å². The van der Waals surface area contributed by atoms with E-state index in [1.54, 1.807) is 43.3 Å². The van der Waals surface area contributed by atoms with Crippen LogP contribution in [0.15, 0.2) is 78.9 Å². The van der Waals surface area contributed by atoms with Crippen molar-refractivity contribution in [1.82, 2.24) is 15.1 Å². The molecular formula is C31H24F4N6O3. The van der Waals surface area contributed by atoms with Gasteiger partial charge >= 0.3 is 6.18 Å². The van der Waals surface area contributed by atoms with E-state index < -0.39 is 53.7 Å². The molecule has 2 heterocycles. The van der Waals surface area contributed by atoms with Gasteiger partial charge in [0, 0.05) is 23.6 Å². The van der Waals surface area contributed by atoms with Gasteiger partial charge in [0.2, 0.25) is 5.91 Å². The number of alkyl halides is 3. The Morgan fingerprint density at radius 3 is 2.36 bits per heavy atom. The molecule has 0 unspecified atom stereocenters. The van der Waals surface area contributed by atoms with Crippen LogP contribution in [0.5, 0.6) is 0 Å². The number of rotatable bonds is 7. The van der Waals surface area contributed by atoms with Gasteiger partial charge in [0.1, 0.15) is 24.1 Å². The van der Waals surface area contributed by atoms with Crippen LogP contribution in [0.4, 0.5) is 29.2 Å². The highest BCUT2D eigenvalue weighted by atomic mass is 19.4. The van der Waals surface area contributed by atoms with Crippen molar-refractivity contribution in [3.63, 3.8) is 0 Å². The second-order valence-electron chi connectivity index (χ2n) is 9.86. The molecular weight excluding hydrogens is 580 g/mol. The molecule has 1 aliphatic heterocycles. The van der Waals surface area contributed by atoms with Crippen LogP contribution >= 0.6 is 0 Å². The first-order chi connectivity index (χ1) is 21.0. The van der Waals surface area contributed by atoms with E-state index in [4.69, 9.17) is 5.26 Å². The third kappa shape index (κ3) is 5.74. The number of fused-ring (bicyclic) bond motifs is 1. The minimum absolute atomic E-state index is 0.0114. The molecule has 0 radical (unpaired) electrons. The minimum Gasteiger partial charge on any atom is -0.339 e. The van der Waals surface area contributed by atoms with E-state index in [0.717, 1.165) is 24.3 Å². The predicted molar refractivity (Wildman–Crippen MR) is 151 cm³/mol. The molecule has 9 nitrogen and oxygen atoms in total. The monoisotopic (exact) mass is 604 g/mol. The van der Waals surface area contributed by atoms with Gasteiger partial charge in [-0.05, 0) is 55.0 Å². The van der Waals surface area contributed by atoms with Gasteiger partial charge in [-0.2, -0.15) is 18.4 Å². The number of likely N-dealkylation sites (N-methyl/N-ethyl adjacent to an activating group) is 1. The number of para-hydroxylation sites is 1. The van der Waals surface area contributed by atoms with E-state index in [1.165, 1.54) is 27.8 Å². The summed E-state index contributed by atoms with van der Waals surface area (Å²) in [6.07, 6.45) is -5.20. The summed E-state index contributed by atoms with van der Waals surface area (Å²) in [5, 5.41) is 18.9. The first kappa shape index (κ1) is 30.0. The number of nitrogens with one attached hydrogen (secondary N) is 2. The van der Waals surface area contributed by atoms with Crippen LogP contribution in [0.3, 0.4) is 0 Å². The number of anilines is 2. The molecule has 2 atom stereocenters. The van der Waals surface area contributed by atoms with Crippen LogP contribution in [0.1, 0.15) is 46.3 Å². The Morgan fingerprint density at radius 2 is 1.73 bits per heavy atom. The quantitative estimate of drug-likeness (QED) is 0.282. The molecule has 1 aromatic heterocycles. The van der Waals surface area contributed by atoms with Crippen LogP contribution in [-0.4, -0.2) is 40.1 Å². The summed E-state index contributed by atoms with van der Waals surface area (Å²) in [4.78, 5) is 41.5. The summed E-state index contributed by atoms with van der Waals surface area (Å²) in [6.45, 7) is 1.77. The number of nitriles is 1. The Bertz CT molecular complexity index is 1760. The lowest BCUT2D eigenvalue weighted by Gasteiger charge is -2.38. The Labute approximate surface area is 248 Å². The van der Waals surface area contributed by atoms with Crippen molar-refractivity contribution in [2.24, 2.45) is 0 Å². The topological polar surface area (TPSA) is 120 Å². The molecule has 0 spiro atoms. The second kappa shape index (κ2) is 12.0. The van der Waals surface area contributed by atoms with E-state index in [1.807, 2.05) is 0 Å². The van der Waals surface area contributed by atoms with Crippen LogP contribution < -0.4 is 15.5 Å². The standard InChI is InChI=1S/C31H24F4N6O3/c1-2-40-29-25(27(37-23(42)15-16-36)39-41(29)22-9-4-3-5-10-22)24(18-11-13-21(32)14-12-18)26(30(40)44)38-28(43)19-7-6-8-20(17-19)31(33,34)35/h3-14,17,24,26H,2,15H2,1H3,(H,38,43)(H,37,39,42)/t24-,26-/m0/s1. The fourth-order valence-electron chi connectivity index (χ4n) is 5.18. The molecule has 5 rings (SSSR count). The SMILES string of the molecule is CCN1C(=O)[C@@H](NC(=O)c2cccc(C(F)(F)F)c2)[C@@H](c2ccc(F)cc2)c2c(NC(=O)CC#N)nn(-c3ccccc3)c21. The lowest BCUT2D eigenvalue weighted by atomic mass is 9.81. The van der Waals surface area contributed by atoms with Crippen LogP contribution in [0, 0.1) is 17.1 Å². The third-order valence-electron chi connectivity index (χ3n) is 7.11. The Morgan fingerprint density at radius 1 is 1.02 bits per heavy atom. The fourth-order valence-corrected chi connectivity index (χ4v) is 5.18. The summed E-state index contributed by atoms with van der Waals surface area (Å²) < 4.78 is 55.6. The van der Waals surface area contributed by atoms with Crippen molar-refractivity contribution in [3.05, 3.63) is 107 Å². The summed E-state index contributed by atoms with van der Waals surface area (Å²) in [6, 6.07) is 18.0. The first-order valence-corrected chi connectivity index (χ1v) is 13.4. The van der Waals surface area contributed by atoms with E-state index in [2.05, 4.69) is 15.7 Å². The van der Waals surface area contributed by atoms with Crippen molar-refractivity contribution in [2.45, 2.75) is 31.5 Å². The highest BCUT2D eigenvalue weighted by Crippen LogP contribution is 2.45. The molecule has 0 saturated heterocycles. The molecule has 2 N–H and O–H groups in total. The number of hydrogen-bond donors (Lipinski definition) is 2. The van der Waals surface area contributed by atoms with Gasteiger partial charge in [-0.3, -0.25) is 19.3 Å². The fraction of sp³-hybridized carbons (Fsp3) is 0.194. The summed E-state index contributed by atoms with van der Waals surface area (Å²) in [7, 11) is 0. The summed E-state index contributed by atoms with van der Waals surface area (Å²) in [5.74, 6) is -3.65. The van der Waals surface area contributed by atoms with E-state index in [-0.39, 0.29) is 29.3 Å². The van der Waals surface area contributed by atoms with Crippen molar-refractivity contribution in [2.75, 3.05) is 16.8 Å². The van der Waals surface area contributed by atoms with Gasteiger partial charge in [0.25, 0.3) is 11.8 Å². The maximum absolute atomic E-state index is 14.2. The van der Waals surface area contributed by atoms with Gasteiger partial charge in [-0.25, -0.2) is 9.07 Å². The van der Waals surface area contributed by atoms with E-state index in [9.17, 15) is 31.9 Å². The smallest absolute Gasteiger partial charge is 0.339 e. The van der Waals surface area contributed by atoms with Gasteiger partial charge < -0.3 is 10.6 Å². The zero-order valence-electron chi connectivity index (χ0n) is 23.1. The lowest BCUT2D eigenvalue weighted by Crippen LogP contribution is -2.55. The van der Waals surface area contributed by atoms with Crippen LogP contribution in [-0.2, 0) is 15.8 Å². The van der Waals surface area contributed by atoms with Crippen LogP contribution in [0.2, 0.25) is 0 Å². The van der Waals surface area contributed by atoms with Crippen molar-refractivity contribution in [3.8, 4) is 11.8 Å². The zero-order chi connectivity index (χ0) is 31.6. The largest absolute Gasteiger partial charge is 0.416 e. The van der Waals surface area contributed by atoms with Gasteiger partial charge in [-0.1, -0.05) is 36.4 Å². The Balaban J connectivity index is 1.71. The molecule has 0 fully saturated rings. The van der Waals surface area contributed by atoms with Crippen molar-refractivity contribution < 1.29 is 31.9 Å². The van der Waals surface area contributed by atoms with Crippen molar-refractivity contribution in [1.29, 1.82) is 5.26 Å². The molecule has 1 aliphatic rings. The normalized spacial score (nSPS) is 16.2. The number of halogens is 4. The number of carbonyl (C=O) groups excluding carboxylic acids is 3. The van der Waals surface area contributed by atoms with Gasteiger partial charge in [0.05, 0.1) is 17.3 Å². The average Bonchev–Trinajstić information content (AvgIpc) is 3.36. The minimum atomic E-state index is -4.70. The average molecular weight is 605 g/mol. The molecule has 224 valence electrons. The Kier molecular flexibility index (Phi) is 8.17. The maximum atomic E-state index is 14.2. The Hall–Kier alpha value is -5.51. The van der Waals surface area contributed by atoms with E-state index >= 15 is 0 Å². The van der Waals surface area contributed by atoms with Crippen LogP contribution in [0.25, 0.3) is 5.69 Å². The summed E-state index contributed by atoms with van der Waals surface area (Å²) in [5.41, 5.74) is -0.210. The van der Waals surface area contributed by atoms with E-state index in [0.29, 0.717) is 17.3 Å². The molecule has 4 aromatic rings. The highest BCUT2D eigenvalue weighted by Gasteiger charge is 2.46. The number of benzene rings is 3. The second-order valence-corrected chi connectivity index (χ2v) is 9.86. The molecule has 3 amide bonds. The number of hydrogen-bond acceptors (Lipinski definition) is 5. The predicted octanol–water partition coefficient (Wildman–Crippen LogP) is 5.18. The molecule has 0 bridgehead atoms. The first-order valence-electron chi connectivity index (χ1n) is 13.4. The third-order valence-corrected chi connectivity index (χ3v) is 7.11. The van der Waals surface area contributed by atoms with Gasteiger partial charge in [0.15, 0.2) is 5.82 Å². The molecule has 0 aliphatic carbocycles. The lowest BCUT2D eigenvalue weighted by molar-refractivity contribution is -0.137. The molecule has 13 heteroatoms. The number of carbonyl (C=O) groups is 3. The number of amides is 3. The highest BCUT2D eigenvalue weighted by molar-refractivity contribution is 6.06.